The largest absolute Gasteiger partial charge is 0.229 e. The summed E-state index contributed by atoms with van der Waals surface area (Å²) in [5.41, 5.74) is 1.06. The second-order valence-corrected chi connectivity index (χ2v) is 6.42. The van der Waals surface area contributed by atoms with Gasteiger partial charge < -0.3 is 0 Å². The molecule has 72 valence electrons. The molecular formula is C10H14O2S. The number of hydrogen-bond acceptors (Lipinski definition) is 2. The monoisotopic (exact) mass is 198 g/mol. The first-order valence-corrected chi connectivity index (χ1v) is 6.32. The zero-order valence-corrected chi connectivity index (χ0v) is 8.76. The first-order chi connectivity index (χ1) is 5.94. The van der Waals surface area contributed by atoms with Gasteiger partial charge in [-0.15, -0.1) is 0 Å². The highest BCUT2D eigenvalue weighted by Crippen LogP contribution is 2.45. The molecule has 0 aromatic carbocycles. The Morgan fingerprint density at radius 3 is 2.85 bits per heavy atom. The molecule has 0 aromatic heterocycles. The van der Waals surface area contributed by atoms with Gasteiger partial charge in [-0.3, -0.25) is 0 Å². The zero-order chi connectivity index (χ0) is 9.69. The molecular weight excluding hydrogens is 184 g/mol. The lowest BCUT2D eigenvalue weighted by molar-refractivity contribution is 0.369. The Labute approximate surface area is 79.3 Å². The van der Waals surface area contributed by atoms with Gasteiger partial charge in [-0.05, 0) is 6.92 Å². The SMILES string of the molecule is CC1=CC=C[C@H]2CS(=O)(=O)C[C@@]12C. The maximum absolute atomic E-state index is 11.5. The van der Waals surface area contributed by atoms with E-state index in [1.165, 1.54) is 5.57 Å². The standard InChI is InChI=1S/C10H14O2S/c1-8-4-3-5-9-6-13(11,12)7-10(8,9)2/h3-5,9H,6-7H2,1-2H3/t9-,10-/m0/s1. The molecule has 0 amide bonds. The predicted octanol–water partition coefficient (Wildman–Crippen LogP) is 1.55. The van der Waals surface area contributed by atoms with Gasteiger partial charge in [-0.25, -0.2) is 8.42 Å². The summed E-state index contributed by atoms with van der Waals surface area (Å²) in [4.78, 5) is 0. The van der Waals surface area contributed by atoms with E-state index in [1.54, 1.807) is 0 Å². The van der Waals surface area contributed by atoms with E-state index in [0.29, 0.717) is 11.5 Å². The van der Waals surface area contributed by atoms with E-state index in [4.69, 9.17) is 0 Å². The van der Waals surface area contributed by atoms with Crippen LogP contribution < -0.4 is 0 Å². The van der Waals surface area contributed by atoms with Crippen molar-refractivity contribution in [2.75, 3.05) is 11.5 Å². The van der Waals surface area contributed by atoms with Crippen LogP contribution in [-0.4, -0.2) is 19.9 Å². The van der Waals surface area contributed by atoms with Gasteiger partial charge in [-0.1, -0.05) is 30.7 Å². The second-order valence-electron chi connectivity index (χ2n) is 4.31. The van der Waals surface area contributed by atoms with Gasteiger partial charge in [0.1, 0.15) is 0 Å². The summed E-state index contributed by atoms with van der Waals surface area (Å²) in [5.74, 6) is 0.838. The summed E-state index contributed by atoms with van der Waals surface area (Å²) in [6.07, 6.45) is 6.03. The van der Waals surface area contributed by atoms with Crippen molar-refractivity contribution in [3.8, 4) is 0 Å². The molecule has 2 nitrogen and oxygen atoms in total. The second kappa shape index (κ2) is 2.47. The van der Waals surface area contributed by atoms with Gasteiger partial charge in [0.05, 0.1) is 11.5 Å². The van der Waals surface area contributed by atoms with E-state index in [9.17, 15) is 8.42 Å². The number of rotatable bonds is 0. The van der Waals surface area contributed by atoms with Gasteiger partial charge in [0.2, 0.25) is 0 Å². The van der Waals surface area contributed by atoms with E-state index in [-0.39, 0.29) is 11.3 Å². The fourth-order valence-corrected chi connectivity index (χ4v) is 4.78. The quantitative estimate of drug-likeness (QED) is 0.592. The van der Waals surface area contributed by atoms with Crippen LogP contribution in [0.2, 0.25) is 0 Å². The molecule has 2 aliphatic rings. The summed E-state index contributed by atoms with van der Waals surface area (Å²) in [7, 11) is -2.81. The van der Waals surface area contributed by atoms with E-state index >= 15 is 0 Å². The van der Waals surface area contributed by atoms with Crippen molar-refractivity contribution in [2.24, 2.45) is 11.3 Å². The summed E-state index contributed by atoms with van der Waals surface area (Å²) < 4.78 is 23.0. The Morgan fingerprint density at radius 2 is 2.23 bits per heavy atom. The summed E-state index contributed by atoms with van der Waals surface area (Å²) in [6, 6.07) is 0. The molecule has 0 spiro atoms. The predicted molar refractivity (Wildman–Crippen MR) is 53.1 cm³/mol. The van der Waals surface area contributed by atoms with Crippen molar-refractivity contribution in [2.45, 2.75) is 13.8 Å². The molecule has 1 aliphatic carbocycles. The summed E-state index contributed by atoms with van der Waals surface area (Å²) in [6.45, 7) is 4.08. The Bertz CT molecular complexity index is 389. The molecule has 0 aromatic rings. The van der Waals surface area contributed by atoms with E-state index < -0.39 is 9.84 Å². The highest BCUT2D eigenvalue weighted by Gasteiger charge is 2.47. The van der Waals surface area contributed by atoms with Crippen molar-refractivity contribution >= 4 is 9.84 Å². The van der Waals surface area contributed by atoms with Gasteiger partial charge in [0.25, 0.3) is 0 Å². The van der Waals surface area contributed by atoms with Gasteiger partial charge in [0.15, 0.2) is 9.84 Å². The molecule has 2 rings (SSSR count). The molecule has 0 saturated carbocycles. The Morgan fingerprint density at radius 1 is 1.54 bits per heavy atom. The van der Waals surface area contributed by atoms with Crippen molar-refractivity contribution < 1.29 is 8.42 Å². The van der Waals surface area contributed by atoms with Crippen molar-refractivity contribution in [3.63, 3.8) is 0 Å². The Balaban J connectivity index is 2.49. The maximum Gasteiger partial charge on any atom is 0.151 e. The molecule has 2 atom stereocenters. The fourth-order valence-electron chi connectivity index (χ4n) is 2.28. The lowest BCUT2D eigenvalue weighted by atomic mass is 9.72. The lowest BCUT2D eigenvalue weighted by Gasteiger charge is -2.31. The molecule has 1 saturated heterocycles. The Kier molecular flexibility index (Phi) is 1.71. The molecule has 1 aliphatic heterocycles. The first-order valence-electron chi connectivity index (χ1n) is 4.50. The van der Waals surface area contributed by atoms with E-state index in [2.05, 4.69) is 6.92 Å². The molecule has 13 heavy (non-hydrogen) atoms. The van der Waals surface area contributed by atoms with Gasteiger partial charge in [-0.2, -0.15) is 0 Å². The minimum Gasteiger partial charge on any atom is -0.229 e. The van der Waals surface area contributed by atoms with Crippen LogP contribution in [-0.2, 0) is 9.84 Å². The highest BCUT2D eigenvalue weighted by molar-refractivity contribution is 7.91. The minimum absolute atomic E-state index is 0.131. The highest BCUT2D eigenvalue weighted by atomic mass is 32.2. The van der Waals surface area contributed by atoms with Crippen molar-refractivity contribution in [1.82, 2.24) is 0 Å². The molecule has 3 heteroatoms. The molecule has 0 N–H and O–H groups in total. The lowest BCUT2D eigenvalue weighted by Crippen LogP contribution is -2.27. The number of fused-ring (bicyclic) bond motifs is 1. The number of sulfone groups is 1. The third-order valence-electron chi connectivity index (χ3n) is 3.36. The van der Waals surface area contributed by atoms with Crippen molar-refractivity contribution in [1.29, 1.82) is 0 Å². The number of hydrogen-bond donors (Lipinski definition) is 0. The van der Waals surface area contributed by atoms with Crippen LogP contribution in [0.5, 0.6) is 0 Å². The third-order valence-corrected chi connectivity index (χ3v) is 5.27. The molecule has 0 radical (unpaired) electrons. The van der Waals surface area contributed by atoms with Crippen LogP contribution >= 0.6 is 0 Å². The topological polar surface area (TPSA) is 34.1 Å². The molecule has 0 bridgehead atoms. The normalized spacial score (nSPS) is 41.4. The first kappa shape index (κ1) is 9.00. The van der Waals surface area contributed by atoms with Crippen LogP contribution in [0.15, 0.2) is 23.8 Å². The average Bonchev–Trinajstić information content (AvgIpc) is 2.22. The van der Waals surface area contributed by atoms with Crippen LogP contribution in [0, 0.1) is 11.3 Å². The van der Waals surface area contributed by atoms with E-state index in [1.807, 2.05) is 25.2 Å². The number of allylic oxidation sites excluding steroid dienone is 4. The molecule has 1 fully saturated rings. The maximum atomic E-state index is 11.5. The third kappa shape index (κ3) is 1.26. The van der Waals surface area contributed by atoms with Crippen LogP contribution in [0.3, 0.4) is 0 Å². The van der Waals surface area contributed by atoms with Crippen LogP contribution in [0.1, 0.15) is 13.8 Å². The average molecular weight is 198 g/mol. The van der Waals surface area contributed by atoms with E-state index in [0.717, 1.165) is 0 Å². The summed E-state index contributed by atoms with van der Waals surface area (Å²) in [5, 5.41) is 0. The molecule has 0 unspecified atom stereocenters. The molecule has 1 heterocycles. The van der Waals surface area contributed by atoms with Gasteiger partial charge in [0, 0.05) is 11.3 Å². The van der Waals surface area contributed by atoms with Crippen molar-refractivity contribution in [3.05, 3.63) is 23.8 Å². The van der Waals surface area contributed by atoms with Crippen LogP contribution in [0.4, 0.5) is 0 Å². The Hall–Kier alpha value is -0.570. The zero-order valence-electron chi connectivity index (χ0n) is 7.95. The summed E-state index contributed by atoms with van der Waals surface area (Å²) >= 11 is 0. The van der Waals surface area contributed by atoms with Gasteiger partial charge >= 0.3 is 0 Å². The smallest absolute Gasteiger partial charge is 0.151 e. The minimum atomic E-state index is -2.81. The van der Waals surface area contributed by atoms with Crippen LogP contribution in [0.25, 0.3) is 0 Å². The fraction of sp³-hybridized carbons (Fsp3) is 0.600.